The quantitative estimate of drug-likeness (QED) is 0.834. The van der Waals surface area contributed by atoms with Gasteiger partial charge in [-0.15, -0.1) is 0 Å². The molecule has 1 heterocycles. The van der Waals surface area contributed by atoms with Gasteiger partial charge in [-0.1, -0.05) is 30.3 Å². The summed E-state index contributed by atoms with van der Waals surface area (Å²) in [6, 6.07) is 14.9. The van der Waals surface area contributed by atoms with Gasteiger partial charge in [-0.2, -0.15) is 0 Å². The van der Waals surface area contributed by atoms with Crippen molar-refractivity contribution in [1.82, 2.24) is 0 Å². The number of amides is 1. The summed E-state index contributed by atoms with van der Waals surface area (Å²) in [7, 11) is 0. The lowest BCUT2D eigenvalue weighted by Gasteiger charge is -2.35. The Balaban J connectivity index is 1.77. The van der Waals surface area contributed by atoms with Crippen LogP contribution in [0.4, 0.5) is 10.1 Å². The largest absolute Gasteiger partial charge is 0.309 e. The summed E-state index contributed by atoms with van der Waals surface area (Å²) < 4.78 is 13.4. The van der Waals surface area contributed by atoms with E-state index in [4.69, 9.17) is 0 Å². The fourth-order valence-corrected chi connectivity index (χ4v) is 3.12. The van der Waals surface area contributed by atoms with Crippen molar-refractivity contribution < 1.29 is 9.18 Å². The smallest absolute Gasteiger partial charge is 0.227 e. The first-order chi connectivity index (χ1) is 10.6. The molecular weight excluding hydrogens is 277 g/mol. The summed E-state index contributed by atoms with van der Waals surface area (Å²) in [5.74, 6) is -0.117. The molecule has 22 heavy (non-hydrogen) atoms. The van der Waals surface area contributed by atoms with Gasteiger partial charge in [0.1, 0.15) is 5.82 Å². The van der Waals surface area contributed by atoms with E-state index in [1.165, 1.54) is 11.6 Å². The van der Waals surface area contributed by atoms with Gasteiger partial charge in [0.05, 0.1) is 0 Å². The topological polar surface area (TPSA) is 20.3 Å². The second kappa shape index (κ2) is 6.30. The molecule has 1 aliphatic rings. The fraction of sp³-hybridized carbons (Fsp3) is 0.316. The van der Waals surface area contributed by atoms with Crippen LogP contribution in [0.2, 0.25) is 0 Å². The number of benzene rings is 2. The van der Waals surface area contributed by atoms with Crippen LogP contribution in [0.25, 0.3) is 0 Å². The Hall–Kier alpha value is -2.16. The van der Waals surface area contributed by atoms with Gasteiger partial charge in [0, 0.05) is 18.2 Å². The first-order valence-electron chi connectivity index (χ1n) is 7.79. The molecule has 0 saturated heterocycles. The van der Waals surface area contributed by atoms with E-state index in [1.807, 2.05) is 35.2 Å². The van der Waals surface area contributed by atoms with E-state index in [1.54, 1.807) is 12.1 Å². The van der Waals surface area contributed by atoms with E-state index >= 15 is 0 Å². The Morgan fingerprint density at radius 3 is 2.77 bits per heavy atom. The van der Waals surface area contributed by atoms with Crippen LogP contribution in [0.15, 0.2) is 48.5 Å². The van der Waals surface area contributed by atoms with Gasteiger partial charge in [-0.3, -0.25) is 4.79 Å². The minimum Gasteiger partial charge on any atom is -0.309 e. The average molecular weight is 297 g/mol. The molecular formula is C19H20FNO. The number of carbonyl (C=O) groups excluding carboxylic acids is 1. The zero-order valence-corrected chi connectivity index (χ0v) is 12.8. The number of rotatable bonds is 3. The maximum atomic E-state index is 13.4. The molecule has 0 aromatic heterocycles. The maximum absolute atomic E-state index is 13.4. The summed E-state index contributed by atoms with van der Waals surface area (Å²) >= 11 is 0. The van der Waals surface area contributed by atoms with E-state index in [-0.39, 0.29) is 17.8 Å². The number of carbonyl (C=O) groups is 1. The van der Waals surface area contributed by atoms with Crippen molar-refractivity contribution in [3.8, 4) is 0 Å². The lowest BCUT2D eigenvalue weighted by Crippen LogP contribution is -2.42. The molecule has 0 bridgehead atoms. The first-order valence-corrected chi connectivity index (χ1v) is 7.79. The molecule has 3 rings (SSSR count). The fourth-order valence-electron chi connectivity index (χ4n) is 3.12. The maximum Gasteiger partial charge on any atom is 0.227 e. The highest BCUT2D eigenvalue weighted by atomic mass is 19.1. The molecule has 0 fully saturated rings. The van der Waals surface area contributed by atoms with E-state index < -0.39 is 0 Å². The molecule has 1 atom stereocenters. The van der Waals surface area contributed by atoms with Crippen LogP contribution < -0.4 is 4.90 Å². The number of nitrogens with zero attached hydrogens (tertiary/aromatic N) is 1. The third kappa shape index (κ3) is 3.03. The van der Waals surface area contributed by atoms with Crippen LogP contribution in [-0.4, -0.2) is 11.9 Å². The summed E-state index contributed by atoms with van der Waals surface area (Å²) in [6.45, 7) is 2.06. The van der Waals surface area contributed by atoms with Gasteiger partial charge >= 0.3 is 0 Å². The number of anilines is 1. The third-order valence-electron chi connectivity index (χ3n) is 4.31. The van der Waals surface area contributed by atoms with Crippen molar-refractivity contribution in [2.24, 2.45) is 0 Å². The van der Waals surface area contributed by atoms with Gasteiger partial charge in [0.2, 0.25) is 5.91 Å². The Bertz CT molecular complexity index is 668. The van der Waals surface area contributed by atoms with Crippen molar-refractivity contribution >= 4 is 11.6 Å². The Kier molecular flexibility index (Phi) is 4.23. The van der Waals surface area contributed by atoms with Crippen molar-refractivity contribution in [2.75, 3.05) is 4.90 Å². The number of hydrogen-bond acceptors (Lipinski definition) is 1. The summed E-state index contributed by atoms with van der Waals surface area (Å²) in [4.78, 5) is 14.5. The van der Waals surface area contributed by atoms with Crippen molar-refractivity contribution in [3.05, 3.63) is 65.5 Å². The molecule has 1 amide bonds. The predicted octanol–water partition coefficient (Wildman–Crippen LogP) is 4.13. The molecule has 2 aromatic carbocycles. The van der Waals surface area contributed by atoms with Gasteiger partial charge in [0.15, 0.2) is 0 Å². The SMILES string of the molecule is C[C@H]1CCc2cc(F)ccc2N1C(=O)CCc1ccccc1. The van der Waals surface area contributed by atoms with Crippen LogP contribution in [0, 0.1) is 5.82 Å². The number of fused-ring (bicyclic) bond motifs is 1. The predicted molar refractivity (Wildman–Crippen MR) is 86.4 cm³/mol. The molecule has 0 unspecified atom stereocenters. The molecule has 114 valence electrons. The minimum atomic E-state index is -0.231. The van der Waals surface area contributed by atoms with Crippen molar-refractivity contribution in [3.63, 3.8) is 0 Å². The Morgan fingerprint density at radius 2 is 2.00 bits per heavy atom. The molecule has 0 N–H and O–H groups in total. The van der Waals surface area contributed by atoms with Gasteiger partial charge < -0.3 is 4.90 Å². The normalized spacial score (nSPS) is 17.2. The Labute approximate surface area is 130 Å². The summed E-state index contributed by atoms with van der Waals surface area (Å²) in [5.41, 5.74) is 2.98. The van der Waals surface area contributed by atoms with Crippen LogP contribution >= 0.6 is 0 Å². The zero-order valence-electron chi connectivity index (χ0n) is 12.8. The number of halogens is 1. The standard InChI is InChI=1S/C19H20FNO/c1-14-7-9-16-13-17(20)10-11-18(16)21(14)19(22)12-8-15-5-3-2-4-6-15/h2-6,10-11,13-14H,7-9,12H2,1H3/t14-/m0/s1. The number of aryl methyl sites for hydroxylation is 2. The minimum absolute atomic E-state index is 0.115. The van der Waals surface area contributed by atoms with Crippen LogP contribution in [0.3, 0.4) is 0 Å². The summed E-state index contributed by atoms with van der Waals surface area (Å²) in [6.07, 6.45) is 2.93. The zero-order chi connectivity index (χ0) is 15.5. The second-order valence-corrected chi connectivity index (χ2v) is 5.91. The van der Waals surface area contributed by atoms with Crippen molar-refractivity contribution in [1.29, 1.82) is 0 Å². The highest BCUT2D eigenvalue weighted by Gasteiger charge is 2.28. The molecule has 1 aliphatic heterocycles. The molecule has 2 aromatic rings. The lowest BCUT2D eigenvalue weighted by molar-refractivity contribution is -0.119. The van der Waals surface area contributed by atoms with Crippen LogP contribution in [0.1, 0.15) is 30.9 Å². The lowest BCUT2D eigenvalue weighted by atomic mass is 9.95. The average Bonchev–Trinajstić information content (AvgIpc) is 2.54. The summed E-state index contributed by atoms with van der Waals surface area (Å²) in [5, 5.41) is 0. The molecule has 3 heteroatoms. The number of hydrogen-bond donors (Lipinski definition) is 0. The van der Waals surface area contributed by atoms with E-state index in [0.717, 1.165) is 30.5 Å². The van der Waals surface area contributed by atoms with Gasteiger partial charge in [-0.25, -0.2) is 4.39 Å². The van der Waals surface area contributed by atoms with Gasteiger partial charge in [-0.05, 0) is 55.5 Å². The van der Waals surface area contributed by atoms with Crippen molar-refractivity contribution in [2.45, 2.75) is 38.6 Å². The van der Waals surface area contributed by atoms with Crippen LogP contribution in [-0.2, 0) is 17.6 Å². The second-order valence-electron chi connectivity index (χ2n) is 5.91. The highest BCUT2D eigenvalue weighted by Crippen LogP contribution is 2.31. The van der Waals surface area contributed by atoms with E-state index in [0.29, 0.717) is 6.42 Å². The van der Waals surface area contributed by atoms with Gasteiger partial charge in [0.25, 0.3) is 0 Å². The third-order valence-corrected chi connectivity index (χ3v) is 4.31. The van der Waals surface area contributed by atoms with Crippen LogP contribution in [0.5, 0.6) is 0 Å². The Morgan fingerprint density at radius 1 is 1.23 bits per heavy atom. The highest BCUT2D eigenvalue weighted by molar-refractivity contribution is 5.95. The first kappa shape index (κ1) is 14.8. The monoisotopic (exact) mass is 297 g/mol. The van der Waals surface area contributed by atoms with E-state index in [9.17, 15) is 9.18 Å². The molecule has 0 saturated carbocycles. The molecule has 0 aliphatic carbocycles. The molecule has 0 spiro atoms. The molecule has 0 radical (unpaired) electrons. The van der Waals surface area contributed by atoms with E-state index in [2.05, 4.69) is 6.92 Å². The molecule has 2 nitrogen and oxygen atoms in total.